The van der Waals surface area contributed by atoms with E-state index in [0.29, 0.717) is 11.4 Å². The van der Waals surface area contributed by atoms with Gasteiger partial charge in [0.15, 0.2) is 0 Å². The van der Waals surface area contributed by atoms with E-state index in [4.69, 9.17) is 27.9 Å². The van der Waals surface area contributed by atoms with Crippen LogP contribution >= 0.6 is 23.2 Å². The second-order valence-corrected chi connectivity index (χ2v) is 8.95. The summed E-state index contributed by atoms with van der Waals surface area (Å²) in [6, 6.07) is 17.5. The smallest absolute Gasteiger partial charge is 0.265 e. The topological polar surface area (TPSA) is 75.7 Å². The predicted octanol–water partition coefficient (Wildman–Crippen LogP) is 5.08. The molecule has 3 rings (SSSR count). The number of amides is 1. The summed E-state index contributed by atoms with van der Waals surface area (Å²) in [7, 11) is -1.16. The molecule has 1 N–H and O–H groups in total. The highest BCUT2D eigenvalue weighted by atomic mass is 35.5. The van der Waals surface area contributed by atoms with Crippen molar-refractivity contribution in [3.05, 3.63) is 82.3 Å². The molecule has 0 heterocycles. The molecule has 156 valence electrons. The summed E-state index contributed by atoms with van der Waals surface area (Å²) in [6.07, 6.45) is 0. The van der Waals surface area contributed by atoms with Crippen molar-refractivity contribution >= 4 is 50.5 Å². The summed E-state index contributed by atoms with van der Waals surface area (Å²) >= 11 is 12.1. The van der Waals surface area contributed by atoms with Gasteiger partial charge in [-0.2, -0.15) is 0 Å². The van der Waals surface area contributed by atoms with Crippen LogP contribution in [0.15, 0.2) is 71.6 Å². The lowest BCUT2D eigenvalue weighted by Crippen LogP contribution is -2.29. The molecular formula is C21H18Cl2N2O4S. The quantitative estimate of drug-likeness (QED) is 0.551. The van der Waals surface area contributed by atoms with Gasteiger partial charge in [-0.1, -0.05) is 41.4 Å². The molecule has 0 atom stereocenters. The number of benzene rings is 3. The number of hydrogen-bond acceptors (Lipinski definition) is 4. The zero-order valence-electron chi connectivity index (χ0n) is 16.1. The second kappa shape index (κ2) is 8.95. The molecule has 0 unspecified atom stereocenters. The normalized spacial score (nSPS) is 11.1. The summed E-state index contributed by atoms with van der Waals surface area (Å²) in [5.41, 5.74) is 0.913. The molecule has 0 aliphatic carbocycles. The maximum Gasteiger partial charge on any atom is 0.265 e. The fourth-order valence-electron chi connectivity index (χ4n) is 2.77. The molecule has 0 saturated heterocycles. The molecule has 30 heavy (non-hydrogen) atoms. The van der Waals surface area contributed by atoms with Gasteiger partial charge in [0, 0.05) is 12.7 Å². The number of nitrogens with zero attached hydrogens (tertiary/aromatic N) is 1. The molecule has 0 radical (unpaired) electrons. The van der Waals surface area contributed by atoms with Crippen molar-refractivity contribution < 1.29 is 17.9 Å². The predicted molar refractivity (Wildman–Crippen MR) is 119 cm³/mol. The average molecular weight is 465 g/mol. The lowest BCUT2D eigenvalue weighted by molar-refractivity contribution is 0.102. The molecule has 3 aromatic rings. The number of nitrogens with one attached hydrogen (secondary N) is 1. The molecule has 0 saturated carbocycles. The molecule has 0 aliphatic rings. The minimum Gasteiger partial charge on any atom is -0.497 e. The monoisotopic (exact) mass is 464 g/mol. The number of anilines is 2. The maximum atomic E-state index is 13.1. The van der Waals surface area contributed by atoms with Crippen LogP contribution in [0, 0.1) is 0 Å². The van der Waals surface area contributed by atoms with E-state index >= 15 is 0 Å². The Kier molecular flexibility index (Phi) is 6.55. The number of carbonyl (C=O) groups excluding carboxylic acids is 1. The molecular weight excluding hydrogens is 447 g/mol. The Morgan fingerprint density at radius 3 is 2.30 bits per heavy atom. The Morgan fingerprint density at radius 1 is 0.967 bits per heavy atom. The van der Waals surface area contributed by atoms with Crippen molar-refractivity contribution in [3.8, 4) is 5.75 Å². The molecule has 1 amide bonds. The molecule has 0 bridgehead atoms. The number of hydrogen-bond donors (Lipinski definition) is 1. The van der Waals surface area contributed by atoms with E-state index in [-0.39, 0.29) is 26.2 Å². The molecule has 0 aliphatic heterocycles. The zero-order chi connectivity index (χ0) is 21.9. The van der Waals surface area contributed by atoms with E-state index in [2.05, 4.69) is 5.32 Å². The van der Waals surface area contributed by atoms with Crippen molar-refractivity contribution in [1.29, 1.82) is 0 Å². The van der Waals surface area contributed by atoms with Gasteiger partial charge >= 0.3 is 0 Å². The number of methoxy groups -OCH3 is 1. The average Bonchev–Trinajstić information content (AvgIpc) is 2.75. The minimum atomic E-state index is -4.06. The lowest BCUT2D eigenvalue weighted by atomic mass is 10.1. The largest absolute Gasteiger partial charge is 0.497 e. The third-order valence-corrected chi connectivity index (χ3v) is 7.14. The van der Waals surface area contributed by atoms with Gasteiger partial charge < -0.3 is 10.1 Å². The van der Waals surface area contributed by atoms with Crippen LogP contribution in [0.1, 0.15) is 10.4 Å². The first-order valence-electron chi connectivity index (χ1n) is 8.73. The Hall–Kier alpha value is -2.74. The summed E-state index contributed by atoms with van der Waals surface area (Å²) < 4.78 is 32.4. The first-order chi connectivity index (χ1) is 14.3. The van der Waals surface area contributed by atoms with Gasteiger partial charge in [-0.15, -0.1) is 0 Å². The van der Waals surface area contributed by atoms with Crippen LogP contribution in [0.2, 0.25) is 10.0 Å². The van der Waals surface area contributed by atoms with Gasteiger partial charge in [0.2, 0.25) is 0 Å². The number of sulfonamides is 1. The lowest BCUT2D eigenvalue weighted by Gasteiger charge is -2.22. The fourth-order valence-corrected chi connectivity index (χ4v) is 4.72. The standard InChI is InChI=1S/C21H18Cl2N2O4S/c1-25(30(27,28)19-9-5-7-17(22)20(19)23)18-8-4-3-6-16(18)21(26)24-14-10-12-15(29-2)13-11-14/h3-13H,1-2H3,(H,24,26). The number of ether oxygens (including phenoxy) is 1. The van der Waals surface area contributed by atoms with Crippen LogP contribution in [0.5, 0.6) is 5.75 Å². The van der Waals surface area contributed by atoms with Gasteiger partial charge in [0.05, 0.1) is 28.4 Å². The molecule has 0 fully saturated rings. The number of halogens is 2. The minimum absolute atomic E-state index is 0.0776. The van der Waals surface area contributed by atoms with E-state index in [9.17, 15) is 13.2 Å². The number of para-hydroxylation sites is 1. The molecule has 9 heteroatoms. The summed E-state index contributed by atoms with van der Waals surface area (Å²) in [4.78, 5) is 12.7. The zero-order valence-corrected chi connectivity index (χ0v) is 18.4. The third kappa shape index (κ3) is 4.38. The highest BCUT2D eigenvalue weighted by molar-refractivity contribution is 7.93. The summed E-state index contributed by atoms with van der Waals surface area (Å²) in [5.74, 6) is 0.188. The SMILES string of the molecule is COc1ccc(NC(=O)c2ccccc2N(C)S(=O)(=O)c2cccc(Cl)c2Cl)cc1. The fraction of sp³-hybridized carbons (Fsp3) is 0.0952. The van der Waals surface area contributed by atoms with E-state index in [1.54, 1.807) is 55.6 Å². The second-order valence-electron chi connectivity index (χ2n) is 6.22. The van der Waals surface area contributed by atoms with E-state index in [1.807, 2.05) is 0 Å². The van der Waals surface area contributed by atoms with Gasteiger partial charge in [0.1, 0.15) is 10.6 Å². The first kappa shape index (κ1) is 22.0. The van der Waals surface area contributed by atoms with Crippen LogP contribution in [-0.2, 0) is 10.0 Å². The van der Waals surface area contributed by atoms with E-state index in [1.165, 1.54) is 25.2 Å². The Morgan fingerprint density at radius 2 is 1.63 bits per heavy atom. The van der Waals surface area contributed by atoms with E-state index < -0.39 is 15.9 Å². The third-order valence-electron chi connectivity index (χ3n) is 4.39. The van der Waals surface area contributed by atoms with Gasteiger partial charge in [-0.3, -0.25) is 9.10 Å². The number of carbonyl (C=O) groups is 1. The van der Waals surface area contributed by atoms with Crippen LogP contribution in [0.25, 0.3) is 0 Å². The van der Waals surface area contributed by atoms with Gasteiger partial charge in [0.25, 0.3) is 15.9 Å². The highest BCUT2D eigenvalue weighted by Crippen LogP contribution is 2.33. The molecule has 6 nitrogen and oxygen atoms in total. The highest BCUT2D eigenvalue weighted by Gasteiger charge is 2.27. The van der Waals surface area contributed by atoms with Crippen molar-refractivity contribution in [2.45, 2.75) is 4.90 Å². The van der Waals surface area contributed by atoms with Crippen molar-refractivity contribution in [3.63, 3.8) is 0 Å². The van der Waals surface area contributed by atoms with Gasteiger partial charge in [-0.05, 0) is 48.5 Å². The van der Waals surface area contributed by atoms with Gasteiger partial charge in [-0.25, -0.2) is 8.42 Å². The van der Waals surface area contributed by atoms with Crippen LogP contribution in [0.3, 0.4) is 0 Å². The van der Waals surface area contributed by atoms with Crippen LogP contribution in [-0.4, -0.2) is 28.5 Å². The Balaban J connectivity index is 1.95. The Labute approximate surface area is 185 Å². The van der Waals surface area contributed by atoms with Crippen molar-refractivity contribution in [2.24, 2.45) is 0 Å². The number of rotatable bonds is 6. The summed E-state index contributed by atoms with van der Waals surface area (Å²) in [5, 5.41) is 2.80. The molecule has 3 aromatic carbocycles. The maximum absolute atomic E-state index is 13.1. The first-order valence-corrected chi connectivity index (χ1v) is 10.9. The van der Waals surface area contributed by atoms with Crippen molar-refractivity contribution in [1.82, 2.24) is 0 Å². The summed E-state index contributed by atoms with van der Waals surface area (Å²) in [6.45, 7) is 0. The molecule has 0 aromatic heterocycles. The van der Waals surface area contributed by atoms with E-state index in [0.717, 1.165) is 4.31 Å². The van der Waals surface area contributed by atoms with Crippen LogP contribution < -0.4 is 14.4 Å². The van der Waals surface area contributed by atoms with Crippen LogP contribution in [0.4, 0.5) is 11.4 Å². The Bertz CT molecular complexity index is 1180. The molecule has 0 spiro atoms. The van der Waals surface area contributed by atoms with Crippen molar-refractivity contribution in [2.75, 3.05) is 23.8 Å².